The number of nitrogens with one attached hydrogen (secondary N) is 1. The Morgan fingerprint density at radius 3 is 2.22 bits per heavy atom. The number of hydrogen-bond donors (Lipinski definition) is 1. The molecule has 1 aliphatic heterocycles. The predicted octanol–water partition coefficient (Wildman–Crippen LogP) is 4.70. The Kier molecular flexibility index (Phi) is 5.53. The molecule has 158 valence electrons. The van der Waals surface area contributed by atoms with E-state index in [1.54, 1.807) is 30.3 Å². The second kappa shape index (κ2) is 8.44. The number of nitrogens with zero attached hydrogens (tertiary/aromatic N) is 2. The molecule has 1 N–H and O–H groups in total. The smallest absolute Gasteiger partial charge is 0.276 e. The van der Waals surface area contributed by atoms with Gasteiger partial charge in [-0.1, -0.05) is 35.9 Å². The van der Waals surface area contributed by atoms with Gasteiger partial charge in [0.15, 0.2) is 0 Å². The molecular formula is C23H14ClN3O5. The summed E-state index contributed by atoms with van der Waals surface area (Å²) in [6.45, 7) is 0. The van der Waals surface area contributed by atoms with E-state index in [0.29, 0.717) is 16.8 Å². The first-order valence-corrected chi connectivity index (χ1v) is 9.74. The maximum absolute atomic E-state index is 12.6. The summed E-state index contributed by atoms with van der Waals surface area (Å²) in [5, 5.41) is 13.7. The molecule has 0 aliphatic carbocycles. The molecule has 0 saturated heterocycles. The molecule has 0 saturated carbocycles. The number of imide groups is 1. The third-order valence-corrected chi connectivity index (χ3v) is 5.10. The molecule has 0 unspecified atom stereocenters. The molecule has 0 radical (unpaired) electrons. The second-order valence-electron chi connectivity index (χ2n) is 6.80. The van der Waals surface area contributed by atoms with Gasteiger partial charge >= 0.3 is 0 Å². The van der Waals surface area contributed by atoms with Crippen molar-refractivity contribution in [3.05, 3.63) is 105 Å². The molecule has 9 heteroatoms. The molecule has 0 spiro atoms. The fraction of sp³-hybridized carbons (Fsp3) is 0. The van der Waals surface area contributed by atoms with Crippen LogP contribution in [0.3, 0.4) is 0 Å². The van der Waals surface area contributed by atoms with Gasteiger partial charge < -0.3 is 5.32 Å². The van der Waals surface area contributed by atoms with Crippen LogP contribution >= 0.6 is 11.6 Å². The van der Waals surface area contributed by atoms with Gasteiger partial charge in [0.2, 0.25) is 5.91 Å². The third kappa shape index (κ3) is 3.86. The Hall–Kier alpha value is -4.30. The summed E-state index contributed by atoms with van der Waals surface area (Å²) in [5.41, 5.74) is 1.28. The third-order valence-electron chi connectivity index (χ3n) is 4.80. The molecular weight excluding hydrogens is 434 g/mol. The number of rotatable bonds is 5. The number of amides is 3. The average Bonchev–Trinajstić information content (AvgIpc) is 3.03. The summed E-state index contributed by atoms with van der Waals surface area (Å²) < 4.78 is 0. The van der Waals surface area contributed by atoms with Crippen molar-refractivity contribution in [3.63, 3.8) is 0 Å². The van der Waals surface area contributed by atoms with Gasteiger partial charge in [-0.25, -0.2) is 4.90 Å². The maximum atomic E-state index is 12.6. The number of halogens is 1. The van der Waals surface area contributed by atoms with Gasteiger partial charge in [0, 0.05) is 17.8 Å². The van der Waals surface area contributed by atoms with Crippen molar-refractivity contribution < 1.29 is 19.3 Å². The first-order chi connectivity index (χ1) is 15.4. The van der Waals surface area contributed by atoms with E-state index in [1.807, 2.05) is 0 Å². The molecule has 8 nitrogen and oxygen atoms in total. The van der Waals surface area contributed by atoms with Crippen LogP contribution in [0.15, 0.2) is 72.8 Å². The number of para-hydroxylation sites is 1. The van der Waals surface area contributed by atoms with Crippen LogP contribution in [-0.2, 0) is 4.79 Å². The number of fused-ring (bicyclic) bond motifs is 1. The first-order valence-electron chi connectivity index (χ1n) is 9.36. The fourth-order valence-corrected chi connectivity index (χ4v) is 3.58. The van der Waals surface area contributed by atoms with E-state index in [4.69, 9.17) is 11.6 Å². The molecule has 1 heterocycles. The lowest BCUT2D eigenvalue weighted by molar-refractivity contribution is -0.385. The summed E-state index contributed by atoms with van der Waals surface area (Å²) in [6, 6.07) is 16.9. The van der Waals surface area contributed by atoms with Crippen molar-refractivity contribution in [2.24, 2.45) is 0 Å². The highest BCUT2D eigenvalue weighted by atomic mass is 35.5. The minimum absolute atomic E-state index is 0.0972. The largest absolute Gasteiger partial charge is 0.322 e. The van der Waals surface area contributed by atoms with E-state index >= 15 is 0 Å². The van der Waals surface area contributed by atoms with Crippen LogP contribution in [0.25, 0.3) is 6.08 Å². The zero-order valence-electron chi connectivity index (χ0n) is 16.3. The zero-order valence-corrected chi connectivity index (χ0v) is 17.1. The lowest BCUT2D eigenvalue weighted by atomic mass is 10.1. The first kappa shape index (κ1) is 21.0. The Labute approximate surface area is 186 Å². The van der Waals surface area contributed by atoms with E-state index in [9.17, 15) is 24.5 Å². The summed E-state index contributed by atoms with van der Waals surface area (Å²) in [4.78, 5) is 49.0. The van der Waals surface area contributed by atoms with Gasteiger partial charge in [-0.2, -0.15) is 0 Å². The molecule has 4 rings (SSSR count). The highest BCUT2D eigenvalue weighted by molar-refractivity contribution is 6.40. The molecule has 3 aromatic rings. The van der Waals surface area contributed by atoms with Crippen LogP contribution in [0.1, 0.15) is 26.3 Å². The van der Waals surface area contributed by atoms with Crippen LogP contribution in [0.2, 0.25) is 5.02 Å². The van der Waals surface area contributed by atoms with Crippen molar-refractivity contribution in [2.75, 3.05) is 10.2 Å². The number of nitro benzene ring substituents is 1. The maximum Gasteiger partial charge on any atom is 0.276 e. The summed E-state index contributed by atoms with van der Waals surface area (Å²) in [6.07, 6.45) is 2.50. The van der Waals surface area contributed by atoms with Gasteiger partial charge in [0.1, 0.15) is 0 Å². The van der Waals surface area contributed by atoms with Crippen molar-refractivity contribution in [3.8, 4) is 0 Å². The summed E-state index contributed by atoms with van der Waals surface area (Å²) >= 11 is 6.30. The van der Waals surface area contributed by atoms with Crippen molar-refractivity contribution in [1.29, 1.82) is 0 Å². The molecule has 3 aromatic carbocycles. The molecule has 32 heavy (non-hydrogen) atoms. The van der Waals surface area contributed by atoms with E-state index in [0.717, 1.165) is 11.0 Å². The topological polar surface area (TPSA) is 110 Å². The van der Waals surface area contributed by atoms with E-state index in [-0.39, 0.29) is 22.0 Å². The van der Waals surface area contributed by atoms with Gasteiger partial charge in [-0.05, 0) is 42.5 Å². The van der Waals surface area contributed by atoms with Crippen LogP contribution in [0.4, 0.5) is 17.1 Å². The van der Waals surface area contributed by atoms with Gasteiger partial charge in [-0.15, -0.1) is 0 Å². The Morgan fingerprint density at radius 2 is 1.59 bits per heavy atom. The van der Waals surface area contributed by atoms with Crippen LogP contribution in [-0.4, -0.2) is 22.6 Å². The summed E-state index contributed by atoms with van der Waals surface area (Å²) in [5.74, 6) is -1.49. The number of hydrogen-bond acceptors (Lipinski definition) is 5. The number of benzene rings is 3. The van der Waals surface area contributed by atoms with Crippen molar-refractivity contribution in [1.82, 2.24) is 0 Å². The molecule has 0 fully saturated rings. The van der Waals surface area contributed by atoms with Crippen LogP contribution in [0, 0.1) is 10.1 Å². The molecule has 3 amide bonds. The Balaban J connectivity index is 1.51. The second-order valence-corrected chi connectivity index (χ2v) is 7.20. The Morgan fingerprint density at radius 1 is 0.969 bits per heavy atom. The zero-order chi connectivity index (χ0) is 22.8. The van der Waals surface area contributed by atoms with Gasteiger partial charge in [0.25, 0.3) is 17.5 Å². The SMILES string of the molecule is O=C(C=Cc1ccccc1[N+](=O)[O-])Nc1ccc(N2C(=O)c3ccccc3C2=O)c(Cl)c1. The van der Waals surface area contributed by atoms with E-state index < -0.39 is 22.6 Å². The number of anilines is 2. The predicted molar refractivity (Wildman–Crippen MR) is 120 cm³/mol. The molecule has 0 atom stereocenters. The number of nitro groups is 1. The average molecular weight is 448 g/mol. The van der Waals surface area contributed by atoms with E-state index in [1.165, 1.54) is 42.5 Å². The lowest BCUT2D eigenvalue weighted by Crippen LogP contribution is -2.29. The molecule has 0 bridgehead atoms. The number of carbonyl (C=O) groups excluding carboxylic acids is 3. The minimum Gasteiger partial charge on any atom is -0.322 e. The highest BCUT2D eigenvalue weighted by Crippen LogP contribution is 2.34. The minimum atomic E-state index is -0.535. The summed E-state index contributed by atoms with van der Waals surface area (Å²) in [7, 11) is 0. The van der Waals surface area contributed by atoms with Crippen LogP contribution < -0.4 is 10.2 Å². The quantitative estimate of drug-likeness (QED) is 0.264. The van der Waals surface area contributed by atoms with Crippen LogP contribution in [0.5, 0.6) is 0 Å². The van der Waals surface area contributed by atoms with E-state index in [2.05, 4.69) is 5.32 Å². The normalized spacial score (nSPS) is 12.8. The molecule has 1 aliphatic rings. The standard InChI is InChI=1S/C23H14ClN3O5/c24-18-13-15(25-21(28)12-9-14-5-1-4-8-19(14)27(31)32)10-11-20(18)26-22(29)16-6-2-3-7-17(16)23(26)30/h1-13H,(H,25,28). The van der Waals surface area contributed by atoms with Gasteiger partial charge in [-0.3, -0.25) is 24.5 Å². The monoisotopic (exact) mass is 447 g/mol. The lowest BCUT2D eigenvalue weighted by Gasteiger charge is -2.16. The highest BCUT2D eigenvalue weighted by Gasteiger charge is 2.37. The Bertz CT molecular complexity index is 1280. The molecule has 0 aromatic heterocycles. The number of carbonyl (C=O) groups is 3. The van der Waals surface area contributed by atoms with Gasteiger partial charge in [0.05, 0.1) is 32.3 Å². The van der Waals surface area contributed by atoms with Crippen molar-refractivity contribution >= 4 is 52.5 Å². The van der Waals surface area contributed by atoms with Crippen molar-refractivity contribution in [2.45, 2.75) is 0 Å². The fourth-order valence-electron chi connectivity index (χ4n) is 3.32.